The number of hydrogen-bond acceptors (Lipinski definition) is 5. The third kappa shape index (κ3) is 2.60. The number of carbonyl (C=O) groups is 1. The van der Waals surface area contributed by atoms with E-state index in [0.717, 1.165) is 5.56 Å². The summed E-state index contributed by atoms with van der Waals surface area (Å²) in [6.07, 6.45) is 4.54. The highest BCUT2D eigenvalue weighted by molar-refractivity contribution is 6.02. The summed E-state index contributed by atoms with van der Waals surface area (Å²) in [7, 11) is 1.74. The van der Waals surface area contributed by atoms with Crippen molar-refractivity contribution in [2.24, 2.45) is 0 Å². The van der Waals surface area contributed by atoms with Crippen LogP contribution in [-0.2, 0) is 0 Å². The highest BCUT2D eigenvalue weighted by Gasteiger charge is 2.10. The zero-order valence-electron chi connectivity index (χ0n) is 10.1. The Hall–Kier alpha value is -2.50. The first-order valence-corrected chi connectivity index (χ1v) is 5.43. The van der Waals surface area contributed by atoms with E-state index in [-0.39, 0.29) is 11.6 Å². The Balaban J connectivity index is 2.14. The largest absolute Gasteiger partial charge is 0.372 e. The van der Waals surface area contributed by atoms with Crippen LogP contribution in [0.2, 0.25) is 0 Å². The molecule has 2 aromatic heterocycles. The van der Waals surface area contributed by atoms with Crippen LogP contribution in [0.3, 0.4) is 0 Å². The van der Waals surface area contributed by atoms with Crippen LogP contribution in [0.4, 0.5) is 11.6 Å². The van der Waals surface area contributed by atoms with E-state index in [4.69, 9.17) is 0 Å². The highest BCUT2D eigenvalue weighted by Crippen LogP contribution is 2.10. The summed E-state index contributed by atoms with van der Waals surface area (Å²) < 4.78 is 0. The zero-order valence-corrected chi connectivity index (χ0v) is 10.1. The van der Waals surface area contributed by atoms with E-state index < -0.39 is 0 Å². The van der Waals surface area contributed by atoms with Crippen LogP contribution in [-0.4, -0.2) is 27.9 Å². The second kappa shape index (κ2) is 5.22. The van der Waals surface area contributed by atoms with Gasteiger partial charge in [0.2, 0.25) is 0 Å². The molecule has 0 bridgehead atoms. The van der Waals surface area contributed by atoms with Crippen LogP contribution in [0, 0.1) is 6.92 Å². The van der Waals surface area contributed by atoms with Gasteiger partial charge in [0.1, 0.15) is 17.3 Å². The van der Waals surface area contributed by atoms with Crippen LogP contribution in [0.25, 0.3) is 0 Å². The van der Waals surface area contributed by atoms with Crippen molar-refractivity contribution in [3.05, 3.63) is 42.0 Å². The predicted molar refractivity (Wildman–Crippen MR) is 68.5 cm³/mol. The Labute approximate surface area is 105 Å². The second-order valence-electron chi connectivity index (χ2n) is 3.66. The van der Waals surface area contributed by atoms with Gasteiger partial charge in [0, 0.05) is 13.2 Å². The van der Waals surface area contributed by atoms with Crippen molar-refractivity contribution in [2.75, 3.05) is 17.7 Å². The fraction of sp³-hybridized carbons (Fsp3) is 0.167. The maximum Gasteiger partial charge on any atom is 0.277 e. The van der Waals surface area contributed by atoms with Crippen LogP contribution in [0.1, 0.15) is 16.1 Å². The van der Waals surface area contributed by atoms with Crippen molar-refractivity contribution in [3.8, 4) is 0 Å². The molecule has 0 radical (unpaired) electrons. The van der Waals surface area contributed by atoms with Crippen molar-refractivity contribution in [1.82, 2.24) is 15.0 Å². The molecule has 18 heavy (non-hydrogen) atoms. The van der Waals surface area contributed by atoms with Gasteiger partial charge < -0.3 is 10.6 Å². The van der Waals surface area contributed by atoms with Crippen molar-refractivity contribution < 1.29 is 4.79 Å². The summed E-state index contributed by atoms with van der Waals surface area (Å²) in [4.78, 5) is 24.0. The number of pyridine rings is 1. The SMILES string of the molecule is CNc1cnc(C(=O)Nc2ncccc2C)cn1. The molecule has 2 aromatic rings. The summed E-state index contributed by atoms with van der Waals surface area (Å²) in [6.45, 7) is 1.87. The quantitative estimate of drug-likeness (QED) is 0.853. The average Bonchev–Trinajstić information content (AvgIpc) is 2.41. The third-order valence-electron chi connectivity index (χ3n) is 2.38. The lowest BCUT2D eigenvalue weighted by atomic mass is 10.3. The molecule has 0 saturated carbocycles. The fourth-order valence-corrected chi connectivity index (χ4v) is 1.36. The maximum atomic E-state index is 11.9. The molecule has 6 heteroatoms. The van der Waals surface area contributed by atoms with E-state index in [1.54, 1.807) is 13.2 Å². The van der Waals surface area contributed by atoms with Gasteiger partial charge in [-0.25, -0.2) is 15.0 Å². The number of anilines is 2. The first-order chi connectivity index (χ1) is 8.70. The Bertz CT molecular complexity index is 553. The lowest BCUT2D eigenvalue weighted by molar-refractivity contribution is 0.102. The molecule has 0 unspecified atom stereocenters. The van der Waals surface area contributed by atoms with E-state index in [1.165, 1.54) is 12.4 Å². The summed E-state index contributed by atoms with van der Waals surface area (Å²) in [5.74, 6) is 0.814. The minimum Gasteiger partial charge on any atom is -0.372 e. The smallest absolute Gasteiger partial charge is 0.277 e. The first kappa shape index (κ1) is 12.0. The van der Waals surface area contributed by atoms with Gasteiger partial charge in [-0.15, -0.1) is 0 Å². The van der Waals surface area contributed by atoms with E-state index in [2.05, 4.69) is 25.6 Å². The normalized spacial score (nSPS) is 9.89. The molecule has 0 aliphatic carbocycles. The number of carbonyl (C=O) groups excluding carboxylic acids is 1. The number of amides is 1. The molecule has 0 aromatic carbocycles. The van der Waals surface area contributed by atoms with Gasteiger partial charge in [0.25, 0.3) is 5.91 Å². The lowest BCUT2D eigenvalue weighted by Gasteiger charge is -2.06. The molecule has 92 valence electrons. The Morgan fingerprint density at radius 1 is 1.22 bits per heavy atom. The standard InChI is InChI=1S/C12H13N5O/c1-8-4-3-5-14-11(8)17-12(18)9-6-16-10(13-2)7-15-9/h3-7H,1-2H3,(H,13,16)(H,14,17,18). The van der Waals surface area contributed by atoms with Crippen LogP contribution in [0.15, 0.2) is 30.7 Å². The van der Waals surface area contributed by atoms with Gasteiger partial charge >= 0.3 is 0 Å². The molecule has 0 spiro atoms. The van der Waals surface area contributed by atoms with Crippen LogP contribution in [0.5, 0.6) is 0 Å². The van der Waals surface area contributed by atoms with E-state index in [0.29, 0.717) is 11.6 Å². The van der Waals surface area contributed by atoms with Gasteiger partial charge in [-0.3, -0.25) is 4.79 Å². The minimum atomic E-state index is -0.327. The predicted octanol–water partition coefficient (Wildman–Crippen LogP) is 1.47. The average molecular weight is 243 g/mol. The van der Waals surface area contributed by atoms with Crippen molar-refractivity contribution in [2.45, 2.75) is 6.92 Å². The van der Waals surface area contributed by atoms with Gasteiger partial charge in [-0.2, -0.15) is 0 Å². The molecule has 0 aliphatic heterocycles. The molecule has 0 saturated heterocycles. The molecule has 0 atom stereocenters. The summed E-state index contributed by atoms with van der Waals surface area (Å²) >= 11 is 0. The molecule has 0 fully saturated rings. The fourth-order valence-electron chi connectivity index (χ4n) is 1.36. The van der Waals surface area contributed by atoms with Gasteiger partial charge in [-0.05, 0) is 18.6 Å². The van der Waals surface area contributed by atoms with E-state index >= 15 is 0 Å². The summed E-state index contributed by atoms with van der Waals surface area (Å²) in [6, 6.07) is 3.69. The topological polar surface area (TPSA) is 79.8 Å². The van der Waals surface area contributed by atoms with Crippen LogP contribution >= 0.6 is 0 Å². The molecular weight excluding hydrogens is 230 g/mol. The van der Waals surface area contributed by atoms with Gasteiger partial charge in [-0.1, -0.05) is 6.07 Å². The van der Waals surface area contributed by atoms with Crippen molar-refractivity contribution in [1.29, 1.82) is 0 Å². The maximum absolute atomic E-state index is 11.9. The molecule has 0 aliphatic rings. The van der Waals surface area contributed by atoms with E-state index in [9.17, 15) is 4.79 Å². The van der Waals surface area contributed by atoms with Gasteiger partial charge in [0.15, 0.2) is 0 Å². The Kier molecular flexibility index (Phi) is 3.47. The monoisotopic (exact) mass is 243 g/mol. The minimum absolute atomic E-state index is 0.249. The number of aryl methyl sites for hydroxylation is 1. The van der Waals surface area contributed by atoms with Crippen LogP contribution < -0.4 is 10.6 Å². The molecule has 2 rings (SSSR count). The van der Waals surface area contributed by atoms with Crippen molar-refractivity contribution >= 4 is 17.5 Å². The molecule has 6 nitrogen and oxygen atoms in total. The highest BCUT2D eigenvalue weighted by atomic mass is 16.1. The van der Waals surface area contributed by atoms with Gasteiger partial charge in [0.05, 0.1) is 12.4 Å². The third-order valence-corrected chi connectivity index (χ3v) is 2.38. The molecular formula is C12H13N5O. The second-order valence-corrected chi connectivity index (χ2v) is 3.66. The molecule has 2 N–H and O–H groups in total. The number of hydrogen-bond donors (Lipinski definition) is 2. The Morgan fingerprint density at radius 2 is 2.06 bits per heavy atom. The molecule has 1 amide bonds. The lowest BCUT2D eigenvalue weighted by Crippen LogP contribution is -2.15. The number of nitrogens with one attached hydrogen (secondary N) is 2. The summed E-state index contributed by atoms with van der Waals surface area (Å²) in [5.41, 5.74) is 1.14. The summed E-state index contributed by atoms with van der Waals surface area (Å²) in [5, 5.41) is 5.53. The molecule has 2 heterocycles. The number of rotatable bonds is 3. The van der Waals surface area contributed by atoms with E-state index in [1.807, 2.05) is 19.1 Å². The first-order valence-electron chi connectivity index (χ1n) is 5.43. The Morgan fingerprint density at radius 3 is 2.67 bits per heavy atom. The number of aromatic nitrogens is 3. The van der Waals surface area contributed by atoms with Crippen molar-refractivity contribution in [3.63, 3.8) is 0 Å². The zero-order chi connectivity index (χ0) is 13.0. The number of nitrogens with zero attached hydrogens (tertiary/aromatic N) is 3.